The van der Waals surface area contributed by atoms with Crippen molar-refractivity contribution in [1.29, 1.82) is 0 Å². The predicted molar refractivity (Wildman–Crippen MR) is 75.0 cm³/mol. The molecular formula is C15H13ClF3N. The predicted octanol–water partition coefficient (Wildman–Crippen LogP) is 4.86. The van der Waals surface area contributed by atoms with Gasteiger partial charge in [-0.05, 0) is 36.8 Å². The molecule has 1 aliphatic rings. The van der Waals surface area contributed by atoms with E-state index in [1.54, 1.807) is 19.1 Å². The van der Waals surface area contributed by atoms with Gasteiger partial charge in [0.2, 0.25) is 0 Å². The Morgan fingerprint density at radius 3 is 2.60 bits per heavy atom. The zero-order valence-electron chi connectivity index (χ0n) is 10.8. The Hall–Kier alpha value is -1.68. The molecule has 5 heteroatoms. The minimum Gasteiger partial charge on any atom is -0.335 e. The zero-order chi connectivity index (χ0) is 14.9. The zero-order valence-corrected chi connectivity index (χ0v) is 11.6. The van der Waals surface area contributed by atoms with Gasteiger partial charge in [0, 0.05) is 11.3 Å². The first-order valence-electron chi connectivity index (χ1n) is 5.99. The second kappa shape index (κ2) is 5.75. The van der Waals surface area contributed by atoms with Gasteiger partial charge in [0.05, 0.1) is 17.3 Å². The molecule has 1 aromatic carbocycles. The summed E-state index contributed by atoms with van der Waals surface area (Å²) >= 11 is 6.00. The Kier molecular flexibility index (Phi) is 4.23. The van der Waals surface area contributed by atoms with Crippen molar-refractivity contribution >= 4 is 17.3 Å². The Labute approximate surface area is 120 Å². The third kappa shape index (κ3) is 2.90. The Morgan fingerprint density at radius 1 is 1.30 bits per heavy atom. The molecule has 0 atom stereocenters. The van der Waals surface area contributed by atoms with Crippen LogP contribution in [0, 0.1) is 5.82 Å². The van der Waals surface area contributed by atoms with Crippen molar-refractivity contribution in [3.05, 3.63) is 64.6 Å². The topological polar surface area (TPSA) is 3.24 Å². The number of hydrogen-bond donors (Lipinski definition) is 0. The van der Waals surface area contributed by atoms with Crippen molar-refractivity contribution in [2.24, 2.45) is 0 Å². The summed E-state index contributed by atoms with van der Waals surface area (Å²) in [6.45, 7) is 5.13. The van der Waals surface area contributed by atoms with Gasteiger partial charge in [-0.25, -0.2) is 13.2 Å². The van der Waals surface area contributed by atoms with Gasteiger partial charge in [-0.15, -0.1) is 0 Å². The fraction of sp³-hybridized carbons (Fsp3) is 0.200. The van der Waals surface area contributed by atoms with Crippen molar-refractivity contribution in [2.45, 2.75) is 13.3 Å². The molecule has 1 aliphatic heterocycles. The molecule has 0 saturated heterocycles. The molecule has 0 radical (unpaired) electrons. The fourth-order valence-electron chi connectivity index (χ4n) is 2.03. The minimum atomic E-state index is -2.51. The standard InChI is InChI=1S/C15H13ClF3N/c1-9-3-6-14(20(10(9)2)8-15(18)19)12-5-4-11(17)7-13(12)16/h3-7,15H,2,8H2,1H3. The van der Waals surface area contributed by atoms with Crippen LogP contribution in [-0.4, -0.2) is 17.9 Å². The van der Waals surface area contributed by atoms with Crippen LogP contribution >= 0.6 is 11.6 Å². The number of rotatable bonds is 3. The van der Waals surface area contributed by atoms with Gasteiger partial charge >= 0.3 is 0 Å². The average molecular weight is 300 g/mol. The maximum atomic E-state index is 13.1. The first-order chi connectivity index (χ1) is 9.40. The lowest BCUT2D eigenvalue weighted by Gasteiger charge is -2.32. The van der Waals surface area contributed by atoms with Crippen molar-refractivity contribution in [3.8, 4) is 0 Å². The van der Waals surface area contributed by atoms with Gasteiger partial charge in [-0.3, -0.25) is 0 Å². The second-order valence-electron chi connectivity index (χ2n) is 4.47. The highest BCUT2D eigenvalue weighted by Gasteiger charge is 2.23. The van der Waals surface area contributed by atoms with Gasteiger partial charge in [-0.1, -0.05) is 24.3 Å². The maximum Gasteiger partial charge on any atom is 0.256 e. The van der Waals surface area contributed by atoms with Gasteiger partial charge in [0.1, 0.15) is 5.82 Å². The lowest BCUT2D eigenvalue weighted by atomic mass is 10.0. The molecule has 0 amide bonds. The summed E-state index contributed by atoms with van der Waals surface area (Å²) in [5.74, 6) is -0.471. The van der Waals surface area contributed by atoms with E-state index in [4.69, 9.17) is 11.6 Å². The molecule has 0 spiro atoms. The van der Waals surface area contributed by atoms with E-state index in [0.717, 1.165) is 11.6 Å². The molecule has 0 bridgehead atoms. The molecule has 0 aliphatic carbocycles. The molecule has 1 nitrogen and oxygen atoms in total. The van der Waals surface area contributed by atoms with Crippen LogP contribution in [0.5, 0.6) is 0 Å². The minimum absolute atomic E-state index is 0.177. The fourth-order valence-corrected chi connectivity index (χ4v) is 2.29. The van der Waals surface area contributed by atoms with E-state index in [0.29, 0.717) is 17.0 Å². The molecule has 1 heterocycles. The largest absolute Gasteiger partial charge is 0.335 e. The summed E-state index contributed by atoms with van der Waals surface area (Å²) in [7, 11) is 0. The van der Waals surface area contributed by atoms with E-state index in [-0.39, 0.29) is 5.02 Å². The quantitative estimate of drug-likeness (QED) is 0.770. The summed E-state index contributed by atoms with van der Waals surface area (Å²) < 4.78 is 38.6. The lowest BCUT2D eigenvalue weighted by Crippen LogP contribution is -2.28. The van der Waals surface area contributed by atoms with Crippen LogP contribution in [0.3, 0.4) is 0 Å². The number of nitrogens with zero attached hydrogens (tertiary/aromatic N) is 1. The van der Waals surface area contributed by atoms with Crippen molar-refractivity contribution in [2.75, 3.05) is 6.54 Å². The van der Waals surface area contributed by atoms with E-state index in [2.05, 4.69) is 6.58 Å². The Bertz CT molecular complexity index is 605. The van der Waals surface area contributed by atoms with Gasteiger partial charge in [0.15, 0.2) is 0 Å². The molecule has 1 aromatic rings. The van der Waals surface area contributed by atoms with Crippen molar-refractivity contribution < 1.29 is 13.2 Å². The smallest absolute Gasteiger partial charge is 0.256 e. The number of halogens is 4. The molecule has 0 N–H and O–H groups in total. The van der Waals surface area contributed by atoms with Crippen molar-refractivity contribution in [3.63, 3.8) is 0 Å². The molecule has 0 unspecified atom stereocenters. The highest BCUT2D eigenvalue weighted by molar-refractivity contribution is 6.32. The molecule has 2 rings (SSSR count). The van der Waals surface area contributed by atoms with Crippen LogP contribution in [0.15, 0.2) is 48.2 Å². The first-order valence-corrected chi connectivity index (χ1v) is 6.37. The van der Waals surface area contributed by atoms with E-state index < -0.39 is 18.8 Å². The van der Waals surface area contributed by atoms with Gasteiger partial charge < -0.3 is 4.90 Å². The van der Waals surface area contributed by atoms with E-state index in [9.17, 15) is 13.2 Å². The summed E-state index contributed by atoms with van der Waals surface area (Å²) in [6, 6.07) is 3.88. The molecule has 0 aromatic heterocycles. The summed E-state index contributed by atoms with van der Waals surface area (Å²) in [4.78, 5) is 1.40. The third-order valence-corrected chi connectivity index (χ3v) is 3.40. The number of alkyl halides is 2. The molecule has 20 heavy (non-hydrogen) atoms. The monoisotopic (exact) mass is 299 g/mol. The van der Waals surface area contributed by atoms with Gasteiger partial charge in [-0.2, -0.15) is 0 Å². The number of benzene rings is 1. The maximum absolute atomic E-state index is 13.1. The molecular weight excluding hydrogens is 287 g/mol. The Balaban J connectivity index is 2.48. The van der Waals surface area contributed by atoms with E-state index in [1.807, 2.05) is 0 Å². The van der Waals surface area contributed by atoms with E-state index >= 15 is 0 Å². The Morgan fingerprint density at radius 2 is 2.00 bits per heavy atom. The highest BCUT2D eigenvalue weighted by Crippen LogP contribution is 2.34. The van der Waals surface area contributed by atoms with Crippen LogP contribution in [0.2, 0.25) is 5.02 Å². The van der Waals surface area contributed by atoms with Crippen LogP contribution in [-0.2, 0) is 0 Å². The number of hydrogen-bond acceptors (Lipinski definition) is 1. The molecule has 106 valence electrons. The molecule has 0 saturated carbocycles. The van der Waals surface area contributed by atoms with Gasteiger partial charge in [0.25, 0.3) is 6.43 Å². The normalized spacial score (nSPS) is 15.5. The van der Waals surface area contributed by atoms with Crippen LogP contribution in [0.25, 0.3) is 5.70 Å². The molecule has 0 fully saturated rings. The number of allylic oxidation sites excluding steroid dienone is 3. The summed E-state index contributed by atoms with van der Waals surface area (Å²) in [5.41, 5.74) is 2.28. The van der Waals surface area contributed by atoms with Crippen LogP contribution in [0.1, 0.15) is 12.5 Å². The van der Waals surface area contributed by atoms with Crippen LogP contribution in [0.4, 0.5) is 13.2 Å². The van der Waals surface area contributed by atoms with Crippen molar-refractivity contribution in [1.82, 2.24) is 4.90 Å². The first kappa shape index (κ1) is 14.7. The van der Waals surface area contributed by atoms with E-state index in [1.165, 1.54) is 17.0 Å². The summed E-state index contributed by atoms with van der Waals surface area (Å²) in [5, 5.41) is 0.177. The van der Waals surface area contributed by atoms with Crippen LogP contribution < -0.4 is 0 Å². The SMILES string of the molecule is C=C1C(C)=CC=C(c2ccc(F)cc2Cl)N1CC(F)F. The lowest BCUT2D eigenvalue weighted by molar-refractivity contribution is 0.123. The third-order valence-electron chi connectivity index (χ3n) is 3.09. The second-order valence-corrected chi connectivity index (χ2v) is 4.88. The highest BCUT2D eigenvalue weighted by atomic mass is 35.5. The average Bonchev–Trinajstić information content (AvgIpc) is 2.36. The summed E-state index contributed by atoms with van der Waals surface area (Å²) in [6.07, 6.45) is 0.949.